The minimum absolute atomic E-state index is 0.375. The van der Waals surface area contributed by atoms with Gasteiger partial charge >= 0.3 is 0 Å². The van der Waals surface area contributed by atoms with E-state index >= 15 is 0 Å². The number of rotatable bonds is 3. The first-order valence-corrected chi connectivity index (χ1v) is 10.9. The molecule has 126 valence electrons. The summed E-state index contributed by atoms with van der Waals surface area (Å²) in [6, 6.07) is 4.20. The largest absolute Gasteiger partial charge is 0.271 e. The Morgan fingerprint density at radius 2 is 2.09 bits per heavy atom. The maximum atomic E-state index is 13.1. The average molecular weight is 372 g/mol. The summed E-state index contributed by atoms with van der Waals surface area (Å²) < 4.78 is 29.4. The lowest BCUT2D eigenvalue weighted by atomic mass is 10.2. The van der Waals surface area contributed by atoms with Crippen molar-refractivity contribution in [1.82, 2.24) is 14.1 Å². The minimum atomic E-state index is -3.48. The van der Waals surface area contributed by atoms with Crippen molar-refractivity contribution in [3.63, 3.8) is 0 Å². The Morgan fingerprint density at radius 3 is 2.70 bits per heavy atom. The van der Waals surface area contributed by atoms with Gasteiger partial charge in [-0.3, -0.25) is 4.68 Å². The molecule has 3 rings (SSSR count). The van der Waals surface area contributed by atoms with Crippen LogP contribution in [0.2, 0.25) is 0 Å². The van der Waals surface area contributed by atoms with Crippen LogP contribution in [-0.2, 0) is 17.1 Å². The Balaban J connectivity index is 1.84. The molecule has 3 heterocycles. The van der Waals surface area contributed by atoms with Gasteiger partial charge in [0.1, 0.15) is 4.90 Å². The fraction of sp³-hybridized carbons (Fsp3) is 0.533. The molecule has 0 spiro atoms. The summed E-state index contributed by atoms with van der Waals surface area (Å²) in [5, 5.41) is 6.73. The molecule has 0 amide bonds. The highest BCUT2D eigenvalue weighted by molar-refractivity contribution is 7.99. The Labute approximate surface area is 145 Å². The van der Waals surface area contributed by atoms with Gasteiger partial charge in [0.2, 0.25) is 10.0 Å². The maximum Gasteiger partial charge on any atom is 0.246 e. The number of thiophene rings is 1. The lowest BCUT2D eigenvalue weighted by Gasteiger charge is -2.20. The first-order chi connectivity index (χ1) is 10.9. The topological polar surface area (TPSA) is 55.2 Å². The van der Waals surface area contributed by atoms with Crippen LogP contribution in [0.4, 0.5) is 0 Å². The van der Waals surface area contributed by atoms with Crippen molar-refractivity contribution in [2.24, 2.45) is 7.05 Å². The molecule has 1 aliphatic heterocycles. The number of hydrogen-bond donors (Lipinski definition) is 0. The van der Waals surface area contributed by atoms with Crippen molar-refractivity contribution in [1.29, 1.82) is 0 Å². The van der Waals surface area contributed by atoms with Gasteiger partial charge in [0, 0.05) is 36.0 Å². The van der Waals surface area contributed by atoms with Crippen LogP contribution >= 0.6 is 23.1 Å². The van der Waals surface area contributed by atoms with Crippen molar-refractivity contribution in [3.8, 4) is 0 Å². The maximum absolute atomic E-state index is 13.1. The summed E-state index contributed by atoms with van der Waals surface area (Å²) in [6.45, 7) is 4.70. The number of thioether (sulfide) groups is 1. The van der Waals surface area contributed by atoms with E-state index in [4.69, 9.17) is 0 Å². The van der Waals surface area contributed by atoms with E-state index in [1.54, 1.807) is 34.3 Å². The number of aryl methyl sites for hydroxylation is 2. The van der Waals surface area contributed by atoms with Crippen molar-refractivity contribution in [2.75, 3.05) is 18.8 Å². The van der Waals surface area contributed by atoms with Gasteiger partial charge in [-0.15, -0.1) is 11.3 Å². The van der Waals surface area contributed by atoms with Crippen LogP contribution in [0.25, 0.3) is 0 Å². The molecule has 1 fully saturated rings. The predicted octanol–water partition coefficient (Wildman–Crippen LogP) is 2.97. The van der Waals surface area contributed by atoms with Gasteiger partial charge in [-0.2, -0.15) is 21.2 Å². The fourth-order valence-electron chi connectivity index (χ4n) is 2.95. The van der Waals surface area contributed by atoms with E-state index in [2.05, 4.69) is 22.6 Å². The van der Waals surface area contributed by atoms with Crippen LogP contribution in [0.15, 0.2) is 22.4 Å². The van der Waals surface area contributed by atoms with Crippen molar-refractivity contribution >= 4 is 33.1 Å². The molecule has 8 heteroatoms. The normalized spacial score (nSPS) is 20.6. The van der Waals surface area contributed by atoms with Crippen LogP contribution < -0.4 is 0 Å². The van der Waals surface area contributed by atoms with Crippen molar-refractivity contribution < 1.29 is 8.42 Å². The molecule has 23 heavy (non-hydrogen) atoms. The van der Waals surface area contributed by atoms with Crippen LogP contribution in [-0.4, -0.2) is 41.3 Å². The quantitative estimate of drug-likeness (QED) is 0.832. The zero-order valence-corrected chi connectivity index (χ0v) is 16.0. The first-order valence-electron chi connectivity index (χ1n) is 7.56. The summed E-state index contributed by atoms with van der Waals surface area (Å²) in [6.07, 6.45) is 0.850. The Morgan fingerprint density at radius 1 is 1.30 bits per heavy atom. The summed E-state index contributed by atoms with van der Waals surface area (Å²) in [7, 11) is -1.69. The summed E-state index contributed by atoms with van der Waals surface area (Å²) in [4.78, 5) is 1.71. The summed E-state index contributed by atoms with van der Waals surface area (Å²) in [5.74, 6) is 0.820. The molecule has 2 aromatic rings. The molecule has 5 nitrogen and oxygen atoms in total. The molecule has 1 atom stereocenters. The Bertz CT molecular complexity index is 781. The second-order valence-electron chi connectivity index (χ2n) is 5.69. The monoisotopic (exact) mass is 371 g/mol. The van der Waals surface area contributed by atoms with Crippen LogP contribution in [0.3, 0.4) is 0 Å². The van der Waals surface area contributed by atoms with Crippen LogP contribution in [0.5, 0.6) is 0 Å². The zero-order chi connectivity index (χ0) is 16.6. The zero-order valence-electron chi connectivity index (χ0n) is 13.5. The molecule has 0 saturated carbocycles. The Kier molecular flexibility index (Phi) is 4.87. The lowest BCUT2D eigenvalue weighted by molar-refractivity contribution is 0.427. The Hall–Kier alpha value is -0.830. The average Bonchev–Trinajstić information content (AvgIpc) is 3.01. The van der Waals surface area contributed by atoms with E-state index in [1.165, 1.54) is 4.88 Å². The van der Waals surface area contributed by atoms with Crippen LogP contribution in [0, 0.1) is 13.8 Å². The second kappa shape index (κ2) is 6.58. The highest BCUT2D eigenvalue weighted by Crippen LogP contribution is 2.38. The number of aromatic nitrogens is 2. The van der Waals surface area contributed by atoms with Gasteiger partial charge in [0.25, 0.3) is 0 Å². The third-order valence-corrected chi connectivity index (χ3v) is 8.80. The van der Waals surface area contributed by atoms with E-state index in [0.29, 0.717) is 34.6 Å². The molecule has 2 aromatic heterocycles. The third-order valence-electron chi connectivity index (χ3n) is 4.20. The molecule has 1 unspecified atom stereocenters. The first kappa shape index (κ1) is 17.0. The lowest BCUT2D eigenvalue weighted by Crippen LogP contribution is -2.33. The molecule has 0 bridgehead atoms. The fourth-order valence-corrected chi connectivity index (χ4v) is 7.16. The molecule has 0 aliphatic carbocycles. The van der Waals surface area contributed by atoms with Crippen molar-refractivity contribution in [3.05, 3.63) is 33.8 Å². The molecule has 0 N–H and O–H groups in total. The van der Waals surface area contributed by atoms with Gasteiger partial charge in [0.05, 0.1) is 11.4 Å². The summed E-state index contributed by atoms with van der Waals surface area (Å²) >= 11 is 3.60. The second-order valence-corrected chi connectivity index (χ2v) is 9.86. The van der Waals surface area contributed by atoms with E-state index in [-0.39, 0.29) is 0 Å². The van der Waals surface area contributed by atoms with Gasteiger partial charge in [-0.25, -0.2) is 8.42 Å². The third kappa shape index (κ3) is 3.22. The number of sulfonamides is 1. The number of hydrogen-bond acceptors (Lipinski definition) is 5. The molecule has 0 aromatic carbocycles. The molecule has 0 radical (unpaired) electrons. The predicted molar refractivity (Wildman–Crippen MR) is 95.6 cm³/mol. The van der Waals surface area contributed by atoms with Crippen molar-refractivity contribution in [2.45, 2.75) is 30.4 Å². The standard InChI is InChI=1S/C15H21N3O2S3/c1-11-15(12(2)17(3)16-11)23(19,20)18-7-6-14(22-10-8-18)13-5-4-9-21-13/h4-5,9,14H,6-8,10H2,1-3H3. The van der Waals surface area contributed by atoms with Gasteiger partial charge in [-0.05, 0) is 31.7 Å². The van der Waals surface area contributed by atoms with Crippen LogP contribution in [0.1, 0.15) is 27.9 Å². The van der Waals surface area contributed by atoms with E-state index < -0.39 is 10.0 Å². The molecular formula is C15H21N3O2S3. The van der Waals surface area contributed by atoms with Gasteiger partial charge in [0.15, 0.2) is 0 Å². The smallest absolute Gasteiger partial charge is 0.246 e. The summed E-state index contributed by atoms with van der Waals surface area (Å²) in [5.41, 5.74) is 1.28. The molecular weight excluding hydrogens is 350 g/mol. The van der Waals surface area contributed by atoms with E-state index in [0.717, 1.165) is 12.2 Å². The molecule has 1 saturated heterocycles. The molecule has 1 aliphatic rings. The highest BCUT2D eigenvalue weighted by Gasteiger charge is 2.32. The van der Waals surface area contributed by atoms with Gasteiger partial charge < -0.3 is 0 Å². The van der Waals surface area contributed by atoms with Gasteiger partial charge in [-0.1, -0.05) is 6.07 Å². The minimum Gasteiger partial charge on any atom is -0.271 e. The van der Waals surface area contributed by atoms with E-state index in [9.17, 15) is 8.42 Å². The van der Waals surface area contributed by atoms with E-state index in [1.807, 2.05) is 18.7 Å². The highest BCUT2D eigenvalue weighted by atomic mass is 32.2. The number of nitrogens with zero attached hydrogens (tertiary/aromatic N) is 3. The SMILES string of the molecule is Cc1nn(C)c(C)c1S(=O)(=O)N1CCSC(c2cccs2)CC1.